The minimum Gasteiger partial charge on any atom is -0.508 e. The van der Waals surface area contributed by atoms with E-state index in [-0.39, 0.29) is 16.9 Å². The number of nitrogens with zero attached hydrogens (tertiary/aromatic N) is 1. The Morgan fingerprint density at radius 1 is 1.21 bits per heavy atom. The van der Waals surface area contributed by atoms with Gasteiger partial charge in [-0.3, -0.25) is 10.1 Å². The van der Waals surface area contributed by atoms with Gasteiger partial charge in [-0.15, -0.1) is 0 Å². The minimum absolute atomic E-state index is 0.0292. The molecule has 0 spiro atoms. The predicted octanol–water partition coefficient (Wildman–Crippen LogP) is 2.90. The maximum Gasteiger partial charge on any atom is 0.270 e. The van der Waals surface area contributed by atoms with Crippen LogP contribution in [0.3, 0.4) is 0 Å². The number of phenolic OH excluding ortho intramolecular Hbond substituents is 1. The Hall–Kier alpha value is -2.44. The van der Waals surface area contributed by atoms with E-state index in [1.54, 1.807) is 0 Å². The third kappa shape index (κ3) is 3.39. The first kappa shape index (κ1) is 16.4. The summed E-state index contributed by atoms with van der Waals surface area (Å²) in [6, 6.07) is 13.5. The van der Waals surface area contributed by atoms with Gasteiger partial charge in [0.25, 0.3) is 5.69 Å². The molecular formula is C18H20N2O4. The molecular weight excluding hydrogens is 308 g/mol. The summed E-state index contributed by atoms with van der Waals surface area (Å²) in [6.07, 6.45) is 1.32. The van der Waals surface area contributed by atoms with Crippen molar-refractivity contribution in [3.05, 3.63) is 69.8 Å². The maximum atomic E-state index is 10.8. The molecule has 1 atom stereocenters. The second kappa shape index (κ2) is 6.59. The fraction of sp³-hybridized carbons (Fsp3) is 0.333. The molecule has 126 valence electrons. The van der Waals surface area contributed by atoms with Crippen molar-refractivity contribution < 1.29 is 15.1 Å². The van der Waals surface area contributed by atoms with Gasteiger partial charge in [-0.1, -0.05) is 30.3 Å². The van der Waals surface area contributed by atoms with Crippen molar-refractivity contribution in [1.82, 2.24) is 5.32 Å². The summed E-state index contributed by atoms with van der Waals surface area (Å²) in [5.74, 6) is 0.0292. The maximum absolute atomic E-state index is 10.8. The number of nitro groups is 1. The highest BCUT2D eigenvalue weighted by Crippen LogP contribution is 2.54. The number of nitrogens with one attached hydrogen (secondary N) is 1. The molecule has 0 saturated heterocycles. The van der Waals surface area contributed by atoms with E-state index in [1.807, 2.05) is 30.3 Å². The number of hydrogen-bond donors (Lipinski definition) is 3. The quantitative estimate of drug-likeness (QED) is 0.536. The Bertz CT molecular complexity index is 729. The molecule has 0 amide bonds. The smallest absolute Gasteiger partial charge is 0.270 e. The van der Waals surface area contributed by atoms with Gasteiger partial charge in [0.2, 0.25) is 0 Å². The molecule has 3 N–H and O–H groups in total. The van der Waals surface area contributed by atoms with Crippen molar-refractivity contribution in [2.75, 3.05) is 6.54 Å². The van der Waals surface area contributed by atoms with E-state index in [9.17, 15) is 20.3 Å². The lowest BCUT2D eigenvalue weighted by atomic mass is 9.92. The standard InChI is InChI=1S/C18H20N2O4/c21-16-7-6-15(20(23)24)10-14(16)11-19-12-18(8-9-18)17(22)13-4-2-1-3-5-13/h1-7,10,17,19,21-22H,8-9,11-12H2. The van der Waals surface area contributed by atoms with Crippen molar-refractivity contribution >= 4 is 5.69 Å². The summed E-state index contributed by atoms with van der Waals surface area (Å²) in [6.45, 7) is 0.905. The van der Waals surface area contributed by atoms with Crippen LogP contribution in [-0.4, -0.2) is 21.7 Å². The van der Waals surface area contributed by atoms with Crippen LogP contribution in [0.4, 0.5) is 5.69 Å². The van der Waals surface area contributed by atoms with Crippen LogP contribution in [0.2, 0.25) is 0 Å². The average molecular weight is 328 g/mol. The van der Waals surface area contributed by atoms with Crippen LogP contribution in [0.15, 0.2) is 48.5 Å². The third-order valence-corrected chi connectivity index (χ3v) is 4.65. The van der Waals surface area contributed by atoms with Gasteiger partial charge in [0.05, 0.1) is 11.0 Å². The van der Waals surface area contributed by atoms with Crippen molar-refractivity contribution in [1.29, 1.82) is 0 Å². The number of phenols is 1. The summed E-state index contributed by atoms with van der Waals surface area (Å²) >= 11 is 0. The second-order valence-electron chi connectivity index (χ2n) is 6.35. The Kier molecular flexibility index (Phi) is 4.51. The van der Waals surface area contributed by atoms with E-state index in [0.717, 1.165) is 18.4 Å². The Morgan fingerprint density at radius 2 is 1.92 bits per heavy atom. The lowest BCUT2D eigenvalue weighted by Crippen LogP contribution is -2.28. The molecule has 1 saturated carbocycles. The number of non-ortho nitro benzene ring substituents is 1. The highest BCUT2D eigenvalue weighted by Gasteiger charge is 2.48. The number of aromatic hydroxyl groups is 1. The average Bonchev–Trinajstić information content (AvgIpc) is 3.37. The molecule has 0 aromatic heterocycles. The first-order valence-corrected chi connectivity index (χ1v) is 7.92. The zero-order valence-electron chi connectivity index (χ0n) is 13.2. The first-order chi connectivity index (χ1) is 11.5. The van der Waals surface area contributed by atoms with Gasteiger partial charge in [0.15, 0.2) is 0 Å². The summed E-state index contributed by atoms with van der Waals surface area (Å²) in [7, 11) is 0. The fourth-order valence-corrected chi connectivity index (χ4v) is 2.97. The molecule has 6 nitrogen and oxygen atoms in total. The van der Waals surface area contributed by atoms with E-state index < -0.39 is 11.0 Å². The Morgan fingerprint density at radius 3 is 2.54 bits per heavy atom. The highest BCUT2D eigenvalue weighted by molar-refractivity contribution is 5.42. The summed E-state index contributed by atoms with van der Waals surface area (Å²) in [5.41, 5.74) is 1.14. The SMILES string of the molecule is O=[N+]([O-])c1ccc(O)c(CNCC2(C(O)c3ccccc3)CC2)c1. The van der Waals surface area contributed by atoms with E-state index in [1.165, 1.54) is 18.2 Å². The van der Waals surface area contributed by atoms with Gasteiger partial charge in [-0.05, 0) is 24.5 Å². The van der Waals surface area contributed by atoms with Gasteiger partial charge < -0.3 is 15.5 Å². The minimum atomic E-state index is -0.537. The Balaban J connectivity index is 1.62. The van der Waals surface area contributed by atoms with Crippen LogP contribution in [0.1, 0.15) is 30.1 Å². The van der Waals surface area contributed by atoms with Crippen LogP contribution in [0, 0.1) is 15.5 Å². The van der Waals surface area contributed by atoms with Gasteiger partial charge in [-0.25, -0.2) is 0 Å². The molecule has 0 heterocycles. The monoisotopic (exact) mass is 328 g/mol. The van der Waals surface area contributed by atoms with Crippen LogP contribution in [0.25, 0.3) is 0 Å². The van der Waals surface area contributed by atoms with Crippen molar-refractivity contribution in [3.63, 3.8) is 0 Å². The lowest BCUT2D eigenvalue weighted by Gasteiger charge is -2.23. The Labute approximate surface area is 139 Å². The van der Waals surface area contributed by atoms with E-state index >= 15 is 0 Å². The van der Waals surface area contributed by atoms with Gasteiger partial charge in [0, 0.05) is 36.2 Å². The molecule has 0 aliphatic heterocycles. The van der Waals surface area contributed by atoms with E-state index in [0.29, 0.717) is 18.7 Å². The summed E-state index contributed by atoms with van der Waals surface area (Å²) in [5, 5.41) is 34.5. The molecule has 0 radical (unpaired) electrons. The van der Waals surface area contributed by atoms with Crippen LogP contribution in [-0.2, 0) is 6.54 Å². The molecule has 1 aliphatic rings. The molecule has 1 fully saturated rings. The fourth-order valence-electron chi connectivity index (χ4n) is 2.97. The number of benzene rings is 2. The molecule has 0 bridgehead atoms. The second-order valence-corrected chi connectivity index (χ2v) is 6.35. The normalized spacial score (nSPS) is 16.5. The number of rotatable bonds is 7. The zero-order valence-corrected chi connectivity index (χ0v) is 13.2. The molecule has 2 aromatic carbocycles. The van der Waals surface area contributed by atoms with Crippen LogP contribution >= 0.6 is 0 Å². The zero-order chi connectivity index (χ0) is 17.2. The van der Waals surface area contributed by atoms with Crippen molar-refractivity contribution in [2.24, 2.45) is 5.41 Å². The topological polar surface area (TPSA) is 95.6 Å². The highest BCUT2D eigenvalue weighted by atomic mass is 16.6. The van der Waals surface area contributed by atoms with E-state index in [2.05, 4.69) is 5.32 Å². The number of hydrogen-bond acceptors (Lipinski definition) is 5. The summed E-state index contributed by atoms with van der Waals surface area (Å²) < 4.78 is 0. The predicted molar refractivity (Wildman–Crippen MR) is 89.5 cm³/mol. The van der Waals surface area contributed by atoms with Gasteiger partial charge in [0.1, 0.15) is 5.75 Å². The first-order valence-electron chi connectivity index (χ1n) is 7.92. The number of aliphatic hydroxyl groups excluding tert-OH is 1. The van der Waals surface area contributed by atoms with Gasteiger partial charge >= 0.3 is 0 Å². The lowest BCUT2D eigenvalue weighted by molar-refractivity contribution is -0.384. The molecule has 6 heteroatoms. The summed E-state index contributed by atoms with van der Waals surface area (Å²) in [4.78, 5) is 10.3. The molecule has 1 aliphatic carbocycles. The third-order valence-electron chi connectivity index (χ3n) is 4.65. The van der Waals surface area contributed by atoms with Crippen molar-refractivity contribution in [3.8, 4) is 5.75 Å². The van der Waals surface area contributed by atoms with Gasteiger partial charge in [-0.2, -0.15) is 0 Å². The molecule has 24 heavy (non-hydrogen) atoms. The molecule has 3 rings (SSSR count). The van der Waals surface area contributed by atoms with Crippen LogP contribution < -0.4 is 5.32 Å². The number of nitro benzene ring substituents is 1. The largest absolute Gasteiger partial charge is 0.508 e. The van der Waals surface area contributed by atoms with E-state index in [4.69, 9.17) is 0 Å². The number of aliphatic hydroxyl groups is 1. The van der Waals surface area contributed by atoms with Crippen LogP contribution in [0.5, 0.6) is 5.75 Å². The molecule has 1 unspecified atom stereocenters. The van der Waals surface area contributed by atoms with Crippen molar-refractivity contribution in [2.45, 2.75) is 25.5 Å². The molecule has 2 aromatic rings.